The van der Waals surface area contributed by atoms with E-state index in [1.165, 1.54) is 4.90 Å². The molecule has 7 nitrogen and oxygen atoms in total. The Bertz CT molecular complexity index is 1090. The second-order valence-electron chi connectivity index (χ2n) is 8.39. The van der Waals surface area contributed by atoms with Gasteiger partial charge in [-0.15, -0.1) is 0 Å². The molecule has 1 atom stereocenters. The van der Waals surface area contributed by atoms with Crippen molar-refractivity contribution in [1.29, 1.82) is 0 Å². The van der Waals surface area contributed by atoms with Crippen LogP contribution in [0.5, 0.6) is 0 Å². The van der Waals surface area contributed by atoms with Crippen LogP contribution in [0.1, 0.15) is 39.9 Å². The topological polar surface area (TPSA) is 92.8 Å². The molecule has 2 aromatic rings. The van der Waals surface area contributed by atoms with E-state index in [0.29, 0.717) is 24.3 Å². The van der Waals surface area contributed by atoms with Gasteiger partial charge in [0.05, 0.1) is 11.9 Å². The van der Waals surface area contributed by atoms with Gasteiger partial charge in [0.1, 0.15) is 6.54 Å². The Balaban J connectivity index is 1.79. The van der Waals surface area contributed by atoms with E-state index in [1.807, 2.05) is 32.0 Å². The van der Waals surface area contributed by atoms with Gasteiger partial charge in [-0.05, 0) is 61.6 Å². The molecule has 0 aromatic heterocycles. The highest BCUT2D eigenvalue weighted by molar-refractivity contribution is 7.89. The van der Waals surface area contributed by atoms with Gasteiger partial charge in [-0.25, -0.2) is 8.42 Å². The van der Waals surface area contributed by atoms with Crippen molar-refractivity contribution in [2.24, 2.45) is 0 Å². The number of anilines is 1. The maximum Gasteiger partial charge on any atom is 0.254 e. The standard InChI is InChI=1S/C24H30N2O5S/c1-17-7-4-11-22(18(17)2)25-23(27)15-26(14-21-10-6-12-31-21)24(28)20-9-5-8-19(13-20)16-32(3,29)30/h4-5,7-9,11,13,21H,6,10,12,14-16H2,1-3H3,(H,25,27). The summed E-state index contributed by atoms with van der Waals surface area (Å²) in [6.45, 7) is 4.73. The molecule has 8 heteroatoms. The number of hydrogen-bond acceptors (Lipinski definition) is 5. The molecule has 1 fully saturated rings. The van der Waals surface area contributed by atoms with Crippen LogP contribution in [0.3, 0.4) is 0 Å². The Hall–Kier alpha value is -2.71. The molecule has 32 heavy (non-hydrogen) atoms. The van der Waals surface area contributed by atoms with Crippen molar-refractivity contribution in [2.75, 3.05) is 31.3 Å². The summed E-state index contributed by atoms with van der Waals surface area (Å²) in [7, 11) is -3.23. The molecule has 1 saturated heterocycles. The Morgan fingerprint density at radius 3 is 2.59 bits per heavy atom. The first-order chi connectivity index (χ1) is 15.1. The molecule has 1 heterocycles. The molecule has 1 unspecified atom stereocenters. The summed E-state index contributed by atoms with van der Waals surface area (Å²) in [6.07, 6.45) is 2.79. The largest absolute Gasteiger partial charge is 0.376 e. The van der Waals surface area contributed by atoms with Crippen molar-refractivity contribution >= 4 is 27.3 Å². The fraction of sp³-hybridized carbons (Fsp3) is 0.417. The minimum Gasteiger partial charge on any atom is -0.376 e. The summed E-state index contributed by atoms with van der Waals surface area (Å²) in [5, 5.41) is 2.90. The fourth-order valence-corrected chi connectivity index (χ4v) is 4.57. The first kappa shape index (κ1) is 23.9. The van der Waals surface area contributed by atoms with E-state index in [0.717, 1.165) is 35.9 Å². The molecular formula is C24H30N2O5S. The summed E-state index contributed by atoms with van der Waals surface area (Å²) in [5.74, 6) is -0.767. The third-order valence-electron chi connectivity index (χ3n) is 5.55. The Labute approximate surface area is 189 Å². The van der Waals surface area contributed by atoms with Crippen LogP contribution in [0.15, 0.2) is 42.5 Å². The number of ether oxygens (including phenoxy) is 1. The van der Waals surface area contributed by atoms with Crippen LogP contribution in [0.4, 0.5) is 5.69 Å². The van der Waals surface area contributed by atoms with Crippen LogP contribution in [0.2, 0.25) is 0 Å². The molecule has 0 saturated carbocycles. The lowest BCUT2D eigenvalue weighted by molar-refractivity contribution is -0.117. The minimum atomic E-state index is -3.23. The van der Waals surface area contributed by atoms with Gasteiger partial charge < -0.3 is 15.0 Å². The zero-order chi connectivity index (χ0) is 23.3. The van der Waals surface area contributed by atoms with Crippen LogP contribution in [-0.2, 0) is 25.1 Å². The molecule has 0 aliphatic carbocycles. The zero-order valence-electron chi connectivity index (χ0n) is 18.8. The third-order valence-corrected chi connectivity index (χ3v) is 6.41. The van der Waals surface area contributed by atoms with E-state index in [9.17, 15) is 18.0 Å². The molecule has 0 bridgehead atoms. The van der Waals surface area contributed by atoms with Gasteiger partial charge in [-0.2, -0.15) is 0 Å². The lowest BCUT2D eigenvalue weighted by Gasteiger charge is -2.25. The number of rotatable bonds is 8. The van der Waals surface area contributed by atoms with Crippen molar-refractivity contribution < 1.29 is 22.7 Å². The van der Waals surface area contributed by atoms with Gasteiger partial charge in [0.2, 0.25) is 5.91 Å². The van der Waals surface area contributed by atoms with Crippen molar-refractivity contribution in [3.8, 4) is 0 Å². The summed E-state index contributed by atoms with van der Waals surface area (Å²) < 4.78 is 29.0. The lowest BCUT2D eigenvalue weighted by Crippen LogP contribution is -2.42. The average Bonchev–Trinajstić information content (AvgIpc) is 3.22. The molecule has 172 valence electrons. The predicted octanol–water partition coefficient (Wildman–Crippen LogP) is 3.11. The van der Waals surface area contributed by atoms with Crippen molar-refractivity contribution in [1.82, 2.24) is 4.90 Å². The second kappa shape index (κ2) is 10.3. The number of nitrogens with one attached hydrogen (secondary N) is 1. The third kappa shape index (κ3) is 6.64. The molecular weight excluding hydrogens is 428 g/mol. The van der Waals surface area contributed by atoms with Gasteiger partial charge in [0, 0.05) is 30.7 Å². The Morgan fingerprint density at radius 1 is 1.16 bits per heavy atom. The lowest BCUT2D eigenvalue weighted by atomic mass is 10.1. The SMILES string of the molecule is Cc1cccc(NC(=O)CN(CC2CCCO2)C(=O)c2cccc(CS(C)(=O)=O)c2)c1C. The number of aryl methyl sites for hydroxylation is 1. The number of sulfone groups is 1. The number of carbonyl (C=O) groups excluding carboxylic acids is 2. The first-order valence-corrected chi connectivity index (χ1v) is 12.7. The molecule has 2 aromatic carbocycles. The number of carbonyl (C=O) groups is 2. The monoisotopic (exact) mass is 458 g/mol. The molecule has 2 amide bonds. The normalized spacial score (nSPS) is 16.0. The molecule has 1 N–H and O–H groups in total. The van der Waals surface area contributed by atoms with E-state index in [1.54, 1.807) is 24.3 Å². The highest BCUT2D eigenvalue weighted by Gasteiger charge is 2.26. The number of benzene rings is 2. The molecule has 0 radical (unpaired) electrons. The number of amides is 2. The highest BCUT2D eigenvalue weighted by atomic mass is 32.2. The van der Waals surface area contributed by atoms with Crippen molar-refractivity contribution in [3.63, 3.8) is 0 Å². The summed E-state index contributed by atoms with van der Waals surface area (Å²) >= 11 is 0. The van der Waals surface area contributed by atoms with Crippen molar-refractivity contribution in [3.05, 3.63) is 64.7 Å². The molecule has 1 aliphatic rings. The Kier molecular flexibility index (Phi) is 7.69. The summed E-state index contributed by atoms with van der Waals surface area (Å²) in [5.41, 5.74) is 3.65. The van der Waals surface area contributed by atoms with Gasteiger partial charge in [0.25, 0.3) is 5.91 Å². The zero-order valence-corrected chi connectivity index (χ0v) is 19.6. The molecule has 0 spiro atoms. The maximum absolute atomic E-state index is 13.3. The van der Waals surface area contributed by atoms with E-state index >= 15 is 0 Å². The van der Waals surface area contributed by atoms with Gasteiger partial charge >= 0.3 is 0 Å². The molecule has 3 rings (SSSR count). The smallest absolute Gasteiger partial charge is 0.254 e. The first-order valence-electron chi connectivity index (χ1n) is 10.7. The number of hydrogen-bond donors (Lipinski definition) is 1. The van der Waals surface area contributed by atoms with E-state index in [-0.39, 0.29) is 30.2 Å². The van der Waals surface area contributed by atoms with Gasteiger partial charge in [-0.1, -0.05) is 24.3 Å². The highest BCUT2D eigenvalue weighted by Crippen LogP contribution is 2.19. The van der Waals surface area contributed by atoms with Crippen LogP contribution in [-0.4, -0.2) is 57.2 Å². The van der Waals surface area contributed by atoms with Crippen LogP contribution in [0.25, 0.3) is 0 Å². The van der Waals surface area contributed by atoms with Gasteiger partial charge in [-0.3, -0.25) is 9.59 Å². The van der Waals surface area contributed by atoms with Gasteiger partial charge in [0.15, 0.2) is 9.84 Å². The summed E-state index contributed by atoms with van der Waals surface area (Å²) in [4.78, 5) is 27.6. The van der Waals surface area contributed by atoms with Crippen LogP contribution in [0, 0.1) is 13.8 Å². The van der Waals surface area contributed by atoms with Crippen LogP contribution < -0.4 is 5.32 Å². The quantitative estimate of drug-likeness (QED) is 0.656. The fourth-order valence-electron chi connectivity index (χ4n) is 3.78. The molecule has 1 aliphatic heterocycles. The average molecular weight is 459 g/mol. The maximum atomic E-state index is 13.3. The Morgan fingerprint density at radius 2 is 1.91 bits per heavy atom. The van der Waals surface area contributed by atoms with E-state index < -0.39 is 9.84 Å². The summed E-state index contributed by atoms with van der Waals surface area (Å²) in [6, 6.07) is 12.2. The van der Waals surface area contributed by atoms with Crippen LogP contribution >= 0.6 is 0 Å². The van der Waals surface area contributed by atoms with Crippen molar-refractivity contribution in [2.45, 2.75) is 38.5 Å². The predicted molar refractivity (Wildman–Crippen MR) is 124 cm³/mol. The second-order valence-corrected chi connectivity index (χ2v) is 10.5. The number of nitrogens with zero attached hydrogens (tertiary/aromatic N) is 1. The van der Waals surface area contributed by atoms with E-state index in [4.69, 9.17) is 4.74 Å². The minimum absolute atomic E-state index is 0.119. The van der Waals surface area contributed by atoms with E-state index in [2.05, 4.69) is 5.32 Å².